The Morgan fingerprint density at radius 1 is 1.03 bits per heavy atom. The number of aromatic nitrogens is 1. The van der Waals surface area contributed by atoms with Crippen molar-refractivity contribution in [1.82, 2.24) is 15.8 Å². The molecule has 0 aliphatic carbocycles. The van der Waals surface area contributed by atoms with Crippen LogP contribution < -0.4 is 26.4 Å². The Bertz CT molecular complexity index is 1340. The SMILES string of the molecule is Cc1onc2c1C(=O)NC(N)=NCc1cc(Cl)c(c(Cl)c1)NC(=O)CNC/C=C/COc1ccc-2cc1. The molecule has 0 radical (unpaired) electrons. The highest BCUT2D eigenvalue weighted by molar-refractivity contribution is 6.39. The number of carbonyl (C=O) groups is 2. The van der Waals surface area contributed by atoms with Gasteiger partial charge >= 0.3 is 0 Å². The van der Waals surface area contributed by atoms with Gasteiger partial charge in [0.15, 0.2) is 5.96 Å². The lowest BCUT2D eigenvalue weighted by molar-refractivity contribution is -0.115. The predicted octanol–water partition coefficient (Wildman–Crippen LogP) is 3.68. The summed E-state index contributed by atoms with van der Waals surface area (Å²) in [4.78, 5) is 29.5. The maximum atomic E-state index is 13.0. The van der Waals surface area contributed by atoms with Gasteiger partial charge in [0.25, 0.3) is 5.91 Å². The van der Waals surface area contributed by atoms with Crippen LogP contribution in [0.5, 0.6) is 5.75 Å². The van der Waals surface area contributed by atoms with Crippen molar-refractivity contribution in [1.29, 1.82) is 0 Å². The molecule has 4 aliphatic heterocycles. The quantitative estimate of drug-likeness (QED) is 0.317. The molecular formula is C25H24Cl2N6O4. The number of amides is 2. The molecule has 5 N–H and O–H groups in total. The lowest BCUT2D eigenvalue weighted by Crippen LogP contribution is -2.37. The first kappa shape index (κ1) is 26.2. The molecule has 2 aromatic carbocycles. The van der Waals surface area contributed by atoms with Crippen molar-refractivity contribution < 1.29 is 18.8 Å². The second-order valence-electron chi connectivity index (χ2n) is 8.04. The number of ether oxygens (including phenoxy) is 1. The van der Waals surface area contributed by atoms with Gasteiger partial charge in [0.05, 0.1) is 28.8 Å². The first-order chi connectivity index (χ1) is 17.8. The molecule has 0 unspecified atom stereocenters. The summed E-state index contributed by atoms with van der Waals surface area (Å²) < 4.78 is 11.0. The zero-order valence-corrected chi connectivity index (χ0v) is 21.3. The van der Waals surface area contributed by atoms with Crippen LogP contribution in [0, 0.1) is 6.92 Å². The fourth-order valence-corrected chi connectivity index (χ4v) is 4.15. The van der Waals surface area contributed by atoms with Crippen LogP contribution in [-0.4, -0.2) is 42.6 Å². The van der Waals surface area contributed by atoms with Crippen LogP contribution in [0.3, 0.4) is 0 Å². The number of nitrogens with zero attached hydrogens (tertiary/aromatic N) is 2. The molecule has 1 aromatic heterocycles. The number of guanidine groups is 1. The van der Waals surface area contributed by atoms with Gasteiger partial charge in [0, 0.05) is 12.1 Å². The average molecular weight is 543 g/mol. The summed E-state index contributed by atoms with van der Waals surface area (Å²) in [6.45, 7) is 2.58. The summed E-state index contributed by atoms with van der Waals surface area (Å²) in [5, 5.41) is 12.8. The Balaban J connectivity index is 1.62. The van der Waals surface area contributed by atoms with Crippen LogP contribution in [-0.2, 0) is 11.3 Å². The molecule has 5 heterocycles. The van der Waals surface area contributed by atoms with Gasteiger partial charge in [0.2, 0.25) is 5.91 Å². The number of hydrogen-bond acceptors (Lipinski definition) is 8. The molecule has 10 nitrogen and oxygen atoms in total. The highest BCUT2D eigenvalue weighted by atomic mass is 35.5. The van der Waals surface area contributed by atoms with Crippen molar-refractivity contribution in [2.45, 2.75) is 13.5 Å². The molecule has 192 valence electrons. The molecule has 3 aromatic rings. The zero-order chi connectivity index (χ0) is 26.4. The molecule has 0 saturated carbocycles. The van der Waals surface area contributed by atoms with Crippen LogP contribution in [0.1, 0.15) is 21.7 Å². The number of halogens is 2. The third kappa shape index (κ3) is 6.67. The van der Waals surface area contributed by atoms with Gasteiger partial charge in [-0.1, -0.05) is 40.5 Å². The number of rotatable bonds is 0. The number of hydrogen-bond donors (Lipinski definition) is 4. The van der Waals surface area contributed by atoms with E-state index in [-0.39, 0.29) is 40.6 Å². The molecule has 0 fully saturated rings. The molecular weight excluding hydrogens is 519 g/mol. The molecule has 2 amide bonds. The van der Waals surface area contributed by atoms with Crippen molar-refractivity contribution >= 4 is 46.7 Å². The van der Waals surface area contributed by atoms with Crippen molar-refractivity contribution in [3.05, 3.63) is 75.5 Å². The van der Waals surface area contributed by atoms with Crippen molar-refractivity contribution in [3.63, 3.8) is 0 Å². The van der Waals surface area contributed by atoms with E-state index in [1.165, 1.54) is 0 Å². The van der Waals surface area contributed by atoms with Gasteiger partial charge in [-0.2, -0.15) is 0 Å². The Morgan fingerprint density at radius 3 is 2.49 bits per heavy atom. The average Bonchev–Trinajstić information content (AvgIpc) is 3.25. The van der Waals surface area contributed by atoms with Crippen LogP contribution in [0.4, 0.5) is 5.69 Å². The molecule has 0 atom stereocenters. The number of nitrogens with two attached hydrogens (primary N) is 1. The molecule has 12 heteroatoms. The standard InChI is InChI=1S/C25H24Cl2N6O4/c1-14-21-22(33-37-14)16-4-6-17(7-5-16)36-9-3-2-8-29-13-20(34)31-23-18(26)10-15(11-19(23)27)12-30-25(28)32-24(21)35/h2-7,10-11,29H,8-9,12-13H2,1H3,(H,31,34)(H3,28,30,32,35)/b3-2+. The molecule has 37 heavy (non-hydrogen) atoms. The smallest absolute Gasteiger partial charge is 0.263 e. The second-order valence-corrected chi connectivity index (χ2v) is 8.85. The van der Waals surface area contributed by atoms with Gasteiger partial charge in [-0.3, -0.25) is 14.9 Å². The van der Waals surface area contributed by atoms with Crippen molar-refractivity contribution in [3.8, 4) is 17.0 Å². The highest BCUT2D eigenvalue weighted by Gasteiger charge is 2.22. The van der Waals surface area contributed by atoms with Gasteiger partial charge in [-0.05, 0) is 48.9 Å². The van der Waals surface area contributed by atoms with Crippen LogP contribution >= 0.6 is 23.2 Å². The number of anilines is 1. The van der Waals surface area contributed by atoms with E-state index < -0.39 is 5.91 Å². The van der Waals surface area contributed by atoms with Crippen LogP contribution in [0.2, 0.25) is 10.0 Å². The maximum Gasteiger partial charge on any atom is 0.263 e. The van der Waals surface area contributed by atoms with Crippen LogP contribution in [0.15, 0.2) is 58.1 Å². The number of carbonyl (C=O) groups excluding carboxylic acids is 2. The number of aliphatic imine (C=N–C) groups is 1. The Hall–Kier alpha value is -3.86. The minimum absolute atomic E-state index is 0.0606. The molecule has 0 saturated heterocycles. The minimum atomic E-state index is -0.516. The molecule has 4 bridgehead atoms. The largest absolute Gasteiger partial charge is 0.490 e. The van der Waals surface area contributed by atoms with E-state index in [0.717, 1.165) is 0 Å². The van der Waals surface area contributed by atoms with Crippen molar-refractivity contribution in [2.24, 2.45) is 10.7 Å². The highest BCUT2D eigenvalue weighted by Crippen LogP contribution is 2.32. The lowest BCUT2D eigenvalue weighted by Gasteiger charge is -2.12. The Labute approximate surface area is 222 Å². The van der Waals surface area contributed by atoms with E-state index in [1.54, 1.807) is 43.3 Å². The van der Waals surface area contributed by atoms with E-state index in [4.69, 9.17) is 38.2 Å². The van der Waals surface area contributed by atoms with E-state index in [9.17, 15) is 9.59 Å². The lowest BCUT2D eigenvalue weighted by atomic mass is 10.1. The van der Waals surface area contributed by atoms with Crippen molar-refractivity contribution in [2.75, 3.05) is 25.0 Å². The summed E-state index contributed by atoms with van der Waals surface area (Å²) in [5.74, 6) is 0.0366. The van der Waals surface area contributed by atoms with Gasteiger partial charge < -0.3 is 25.6 Å². The van der Waals surface area contributed by atoms with E-state index in [2.05, 4.69) is 26.1 Å². The summed E-state index contributed by atoms with van der Waals surface area (Å²) in [6, 6.07) is 10.3. The minimum Gasteiger partial charge on any atom is -0.490 e. The fraction of sp³-hybridized carbons (Fsp3) is 0.200. The normalized spacial score (nSPS) is 16.1. The van der Waals surface area contributed by atoms with E-state index in [1.807, 2.05) is 12.2 Å². The van der Waals surface area contributed by atoms with Gasteiger partial charge in [-0.15, -0.1) is 0 Å². The molecule has 7 rings (SSSR count). The van der Waals surface area contributed by atoms with Crippen LogP contribution in [0.25, 0.3) is 11.3 Å². The Morgan fingerprint density at radius 2 is 1.76 bits per heavy atom. The van der Waals surface area contributed by atoms with Gasteiger partial charge in [-0.25, -0.2) is 4.99 Å². The fourth-order valence-electron chi connectivity index (χ4n) is 3.53. The van der Waals surface area contributed by atoms with E-state index in [0.29, 0.717) is 47.2 Å². The van der Waals surface area contributed by atoms with E-state index >= 15 is 0 Å². The van der Waals surface area contributed by atoms with Gasteiger partial charge in [0.1, 0.15) is 29.4 Å². The monoisotopic (exact) mass is 542 g/mol. The number of benzene rings is 2. The third-order valence-electron chi connectivity index (χ3n) is 5.32. The first-order valence-corrected chi connectivity index (χ1v) is 12.0. The zero-order valence-electron chi connectivity index (χ0n) is 19.8. The molecule has 0 spiro atoms. The summed E-state index contributed by atoms with van der Waals surface area (Å²) in [6.07, 6.45) is 3.68. The summed E-state index contributed by atoms with van der Waals surface area (Å²) >= 11 is 12.7. The topological polar surface area (TPSA) is 144 Å². The number of nitrogens with one attached hydrogen (secondary N) is 3. The Kier molecular flexibility index (Phi) is 8.44. The first-order valence-electron chi connectivity index (χ1n) is 11.3. The summed E-state index contributed by atoms with van der Waals surface area (Å²) in [7, 11) is 0. The molecule has 4 aliphatic rings. The summed E-state index contributed by atoms with van der Waals surface area (Å²) in [5.41, 5.74) is 8.16. The number of aryl methyl sites for hydroxylation is 1. The second kappa shape index (κ2) is 11.9. The third-order valence-corrected chi connectivity index (χ3v) is 5.91. The predicted molar refractivity (Wildman–Crippen MR) is 142 cm³/mol. The maximum absolute atomic E-state index is 13.0.